The number of rotatable bonds is 5. The van der Waals surface area contributed by atoms with Crippen molar-refractivity contribution in [1.29, 1.82) is 0 Å². The molecule has 1 N–H and O–H groups in total. The highest BCUT2D eigenvalue weighted by Crippen LogP contribution is 2.10. The molecule has 7 heteroatoms. The monoisotopic (exact) mass is 332 g/mol. The number of imidazole rings is 1. The fraction of sp³-hybridized carbons (Fsp3) is 0.111. The number of hydrogen-bond acceptors (Lipinski definition) is 4. The molecule has 0 saturated carbocycles. The molecule has 0 radical (unpaired) electrons. The highest BCUT2D eigenvalue weighted by atomic mass is 16.1. The Morgan fingerprint density at radius 3 is 2.88 bits per heavy atom. The van der Waals surface area contributed by atoms with Crippen LogP contribution in [0.15, 0.2) is 67.4 Å². The van der Waals surface area contributed by atoms with E-state index in [1.165, 1.54) is 0 Å². The maximum atomic E-state index is 12.3. The number of fused-ring (bicyclic) bond motifs is 1. The summed E-state index contributed by atoms with van der Waals surface area (Å²) in [6, 6.07) is 11.4. The van der Waals surface area contributed by atoms with Crippen LogP contribution in [-0.2, 0) is 17.8 Å². The predicted octanol–water partition coefficient (Wildman–Crippen LogP) is 1.77. The first kappa shape index (κ1) is 15.1. The zero-order valence-corrected chi connectivity index (χ0v) is 13.4. The molecule has 0 aliphatic carbocycles. The summed E-state index contributed by atoms with van der Waals surface area (Å²) in [6.45, 7) is 0.384. The van der Waals surface area contributed by atoms with Crippen LogP contribution in [0.2, 0.25) is 0 Å². The van der Waals surface area contributed by atoms with Gasteiger partial charge in [0.25, 0.3) is 0 Å². The van der Waals surface area contributed by atoms with Crippen molar-refractivity contribution in [2.45, 2.75) is 13.0 Å². The van der Waals surface area contributed by atoms with Crippen LogP contribution in [0.4, 0.5) is 0 Å². The minimum absolute atomic E-state index is 0.0846. The summed E-state index contributed by atoms with van der Waals surface area (Å²) in [5, 5.41) is 7.12. The van der Waals surface area contributed by atoms with E-state index in [-0.39, 0.29) is 12.3 Å². The molecule has 0 bridgehead atoms. The number of aromatic nitrogens is 5. The van der Waals surface area contributed by atoms with E-state index >= 15 is 0 Å². The van der Waals surface area contributed by atoms with Crippen molar-refractivity contribution in [3.63, 3.8) is 0 Å². The molecule has 7 nitrogen and oxygen atoms in total. The van der Waals surface area contributed by atoms with E-state index in [9.17, 15) is 4.79 Å². The molecule has 4 aromatic rings. The maximum Gasteiger partial charge on any atom is 0.226 e. The predicted molar refractivity (Wildman–Crippen MR) is 92.1 cm³/mol. The molecule has 0 saturated heterocycles. The van der Waals surface area contributed by atoms with Gasteiger partial charge in [-0.05, 0) is 24.3 Å². The van der Waals surface area contributed by atoms with Gasteiger partial charge in [-0.15, -0.1) is 0 Å². The second-order valence-electron chi connectivity index (χ2n) is 5.59. The molecule has 0 aromatic carbocycles. The van der Waals surface area contributed by atoms with Gasteiger partial charge in [-0.2, -0.15) is 5.10 Å². The molecule has 4 heterocycles. The Kier molecular flexibility index (Phi) is 3.96. The van der Waals surface area contributed by atoms with Gasteiger partial charge in [0.2, 0.25) is 5.91 Å². The Morgan fingerprint density at radius 2 is 2.04 bits per heavy atom. The van der Waals surface area contributed by atoms with Crippen LogP contribution in [0.1, 0.15) is 11.3 Å². The van der Waals surface area contributed by atoms with Gasteiger partial charge in [-0.1, -0.05) is 12.1 Å². The zero-order chi connectivity index (χ0) is 17.1. The minimum Gasteiger partial charge on any atom is -0.352 e. The van der Waals surface area contributed by atoms with Gasteiger partial charge in [-0.3, -0.25) is 4.79 Å². The molecular weight excluding hydrogens is 316 g/mol. The molecule has 124 valence electrons. The number of carbonyl (C=O) groups excluding carboxylic acids is 1. The Balaban J connectivity index is 1.44. The third kappa shape index (κ3) is 3.25. The summed E-state index contributed by atoms with van der Waals surface area (Å²) in [7, 11) is 0. The number of nitrogens with one attached hydrogen (secondary N) is 1. The van der Waals surface area contributed by atoms with Crippen molar-refractivity contribution in [1.82, 2.24) is 29.5 Å². The van der Waals surface area contributed by atoms with Gasteiger partial charge in [0.15, 0.2) is 5.82 Å². The summed E-state index contributed by atoms with van der Waals surface area (Å²) in [6.07, 6.45) is 9.24. The molecule has 0 aliphatic heterocycles. The van der Waals surface area contributed by atoms with Crippen molar-refractivity contribution in [2.75, 3.05) is 0 Å². The maximum absolute atomic E-state index is 12.3. The van der Waals surface area contributed by atoms with E-state index < -0.39 is 0 Å². The standard InChI is InChI=1S/C18H16N6O/c25-17(11-15-13-23-9-2-1-6-16(23)22-15)20-12-14-5-3-7-19-18(14)24-10-4-8-21-24/h1-10,13H,11-12H2,(H,20,25). The van der Waals surface area contributed by atoms with Crippen LogP contribution < -0.4 is 5.32 Å². The average molecular weight is 332 g/mol. The third-order valence-corrected chi connectivity index (χ3v) is 3.82. The number of nitrogens with zero attached hydrogens (tertiary/aromatic N) is 5. The number of carbonyl (C=O) groups is 1. The van der Waals surface area contributed by atoms with Crippen molar-refractivity contribution in [3.8, 4) is 5.82 Å². The fourth-order valence-electron chi connectivity index (χ4n) is 2.66. The largest absolute Gasteiger partial charge is 0.352 e. The summed E-state index contributed by atoms with van der Waals surface area (Å²) >= 11 is 0. The quantitative estimate of drug-likeness (QED) is 0.604. The van der Waals surface area contributed by atoms with Gasteiger partial charge in [-0.25, -0.2) is 14.6 Å². The molecule has 4 aromatic heterocycles. The average Bonchev–Trinajstić information content (AvgIpc) is 3.29. The van der Waals surface area contributed by atoms with E-state index in [1.54, 1.807) is 17.1 Å². The lowest BCUT2D eigenvalue weighted by Gasteiger charge is -2.09. The van der Waals surface area contributed by atoms with Crippen LogP contribution in [-0.4, -0.2) is 30.1 Å². The third-order valence-electron chi connectivity index (χ3n) is 3.82. The van der Waals surface area contributed by atoms with Crippen molar-refractivity contribution >= 4 is 11.6 Å². The molecule has 0 atom stereocenters. The van der Waals surface area contributed by atoms with Gasteiger partial charge < -0.3 is 9.72 Å². The molecular formula is C18H16N6O. The van der Waals surface area contributed by atoms with E-state index in [4.69, 9.17) is 0 Å². The molecule has 0 spiro atoms. The number of pyridine rings is 2. The molecule has 4 rings (SSSR count). The fourth-order valence-corrected chi connectivity index (χ4v) is 2.66. The van der Waals surface area contributed by atoms with E-state index in [0.29, 0.717) is 12.4 Å². The first-order valence-corrected chi connectivity index (χ1v) is 7.93. The molecule has 25 heavy (non-hydrogen) atoms. The lowest BCUT2D eigenvalue weighted by molar-refractivity contribution is -0.120. The molecule has 1 amide bonds. The van der Waals surface area contributed by atoms with Crippen molar-refractivity contribution in [2.24, 2.45) is 0 Å². The first-order valence-electron chi connectivity index (χ1n) is 7.93. The van der Waals surface area contributed by atoms with Crippen LogP contribution in [0, 0.1) is 0 Å². The van der Waals surface area contributed by atoms with Crippen LogP contribution in [0.5, 0.6) is 0 Å². The molecule has 0 fully saturated rings. The highest BCUT2D eigenvalue weighted by molar-refractivity contribution is 5.78. The smallest absolute Gasteiger partial charge is 0.226 e. The zero-order valence-electron chi connectivity index (χ0n) is 13.4. The summed E-state index contributed by atoms with van der Waals surface area (Å²) in [4.78, 5) is 21.0. The highest BCUT2D eigenvalue weighted by Gasteiger charge is 2.10. The van der Waals surface area contributed by atoms with E-state index in [2.05, 4.69) is 20.4 Å². The Hall–Kier alpha value is -3.48. The lowest BCUT2D eigenvalue weighted by atomic mass is 10.2. The molecule has 0 aliphatic rings. The van der Waals surface area contributed by atoms with E-state index in [0.717, 1.165) is 16.9 Å². The Labute approximate surface area is 144 Å². The Morgan fingerprint density at radius 1 is 1.08 bits per heavy atom. The van der Waals surface area contributed by atoms with Crippen LogP contribution >= 0.6 is 0 Å². The van der Waals surface area contributed by atoms with Crippen LogP contribution in [0.25, 0.3) is 11.5 Å². The second kappa shape index (κ2) is 6.56. The van der Waals surface area contributed by atoms with E-state index in [1.807, 2.05) is 59.4 Å². The van der Waals surface area contributed by atoms with Crippen molar-refractivity contribution in [3.05, 3.63) is 78.6 Å². The summed E-state index contributed by atoms with van der Waals surface area (Å²) in [5.41, 5.74) is 2.47. The second-order valence-corrected chi connectivity index (χ2v) is 5.59. The van der Waals surface area contributed by atoms with Gasteiger partial charge in [0, 0.05) is 43.1 Å². The Bertz CT molecular complexity index is 972. The van der Waals surface area contributed by atoms with Gasteiger partial charge in [0.1, 0.15) is 5.65 Å². The van der Waals surface area contributed by atoms with Crippen molar-refractivity contribution < 1.29 is 4.79 Å². The topological polar surface area (TPSA) is 77.1 Å². The molecule has 0 unspecified atom stereocenters. The summed E-state index contributed by atoms with van der Waals surface area (Å²) < 4.78 is 3.59. The van der Waals surface area contributed by atoms with Gasteiger partial charge >= 0.3 is 0 Å². The van der Waals surface area contributed by atoms with Crippen LogP contribution in [0.3, 0.4) is 0 Å². The lowest BCUT2D eigenvalue weighted by Crippen LogP contribution is -2.25. The summed E-state index contributed by atoms with van der Waals surface area (Å²) in [5.74, 6) is 0.624. The number of amides is 1. The normalized spacial score (nSPS) is 10.9. The minimum atomic E-state index is -0.0846. The first-order chi connectivity index (χ1) is 12.3. The SMILES string of the molecule is O=C(Cc1cn2ccccc2n1)NCc1cccnc1-n1cccn1. The number of hydrogen-bond donors (Lipinski definition) is 1. The van der Waals surface area contributed by atoms with Gasteiger partial charge in [0.05, 0.1) is 12.1 Å².